The van der Waals surface area contributed by atoms with Crippen LogP contribution in [0, 0.1) is 5.82 Å². The van der Waals surface area contributed by atoms with Crippen LogP contribution in [0.1, 0.15) is 23.6 Å². The number of hydrogen-bond acceptors (Lipinski definition) is 3. The first kappa shape index (κ1) is 12.7. The van der Waals surface area contributed by atoms with E-state index in [9.17, 15) is 4.39 Å². The van der Waals surface area contributed by atoms with Crippen LogP contribution in [0.5, 0.6) is 0 Å². The number of aryl methyl sites for hydroxylation is 1. The Bertz CT molecular complexity index is 470. The minimum Gasteiger partial charge on any atom is -0.271 e. The average Bonchev–Trinajstić information content (AvgIpc) is 2.42. The van der Waals surface area contributed by atoms with Crippen molar-refractivity contribution in [1.29, 1.82) is 0 Å². The maximum atomic E-state index is 12.8. The molecule has 0 radical (unpaired) electrons. The molecule has 4 heteroatoms. The molecule has 18 heavy (non-hydrogen) atoms. The van der Waals surface area contributed by atoms with Crippen LogP contribution in [0.2, 0.25) is 0 Å². The van der Waals surface area contributed by atoms with E-state index in [-0.39, 0.29) is 11.9 Å². The standard InChI is InChI=1S/C14H16FN3/c15-13-4-2-12(3-5-13)14(18-16)6-1-11-7-9-17-10-8-11/h2-5,7-10,14,18H,1,6,16H2. The largest absolute Gasteiger partial charge is 0.271 e. The number of pyridine rings is 1. The fourth-order valence-electron chi connectivity index (χ4n) is 1.90. The summed E-state index contributed by atoms with van der Waals surface area (Å²) < 4.78 is 12.8. The molecule has 0 spiro atoms. The molecule has 2 aromatic rings. The molecule has 0 amide bonds. The summed E-state index contributed by atoms with van der Waals surface area (Å²) in [5, 5.41) is 0. The second-order valence-electron chi connectivity index (χ2n) is 4.16. The van der Waals surface area contributed by atoms with Gasteiger partial charge in [0.05, 0.1) is 0 Å². The molecule has 0 aliphatic rings. The summed E-state index contributed by atoms with van der Waals surface area (Å²) in [7, 11) is 0. The van der Waals surface area contributed by atoms with E-state index in [0.29, 0.717) is 0 Å². The molecule has 3 N–H and O–H groups in total. The van der Waals surface area contributed by atoms with Gasteiger partial charge in [-0.3, -0.25) is 16.3 Å². The average molecular weight is 245 g/mol. The first-order valence-electron chi connectivity index (χ1n) is 5.90. The van der Waals surface area contributed by atoms with Gasteiger partial charge in [-0.05, 0) is 48.2 Å². The van der Waals surface area contributed by atoms with Crippen molar-refractivity contribution in [2.75, 3.05) is 0 Å². The van der Waals surface area contributed by atoms with Gasteiger partial charge in [-0.15, -0.1) is 0 Å². The topological polar surface area (TPSA) is 50.9 Å². The lowest BCUT2D eigenvalue weighted by atomic mass is 10.00. The molecular weight excluding hydrogens is 229 g/mol. The first-order chi connectivity index (χ1) is 8.79. The van der Waals surface area contributed by atoms with Crippen LogP contribution in [0.25, 0.3) is 0 Å². The number of nitrogens with one attached hydrogen (secondary N) is 1. The fourth-order valence-corrected chi connectivity index (χ4v) is 1.90. The van der Waals surface area contributed by atoms with Crippen molar-refractivity contribution in [3.63, 3.8) is 0 Å². The zero-order chi connectivity index (χ0) is 12.8. The number of hydrazine groups is 1. The Morgan fingerprint density at radius 3 is 2.39 bits per heavy atom. The molecule has 2 rings (SSSR count). The monoisotopic (exact) mass is 245 g/mol. The van der Waals surface area contributed by atoms with E-state index < -0.39 is 0 Å². The van der Waals surface area contributed by atoms with Crippen molar-refractivity contribution in [2.24, 2.45) is 5.84 Å². The molecule has 94 valence electrons. The molecule has 1 atom stereocenters. The third-order valence-electron chi connectivity index (χ3n) is 2.94. The van der Waals surface area contributed by atoms with E-state index in [1.807, 2.05) is 12.1 Å². The van der Waals surface area contributed by atoms with E-state index in [1.165, 1.54) is 17.7 Å². The van der Waals surface area contributed by atoms with E-state index in [1.54, 1.807) is 24.5 Å². The number of rotatable bonds is 5. The molecule has 0 saturated carbocycles. The Kier molecular flexibility index (Phi) is 4.39. The van der Waals surface area contributed by atoms with Gasteiger partial charge in [0, 0.05) is 18.4 Å². The van der Waals surface area contributed by atoms with Gasteiger partial charge in [0.2, 0.25) is 0 Å². The van der Waals surface area contributed by atoms with Crippen LogP contribution in [-0.2, 0) is 6.42 Å². The van der Waals surface area contributed by atoms with Gasteiger partial charge in [0.25, 0.3) is 0 Å². The number of halogens is 1. The van der Waals surface area contributed by atoms with Crippen LogP contribution < -0.4 is 11.3 Å². The van der Waals surface area contributed by atoms with Gasteiger partial charge < -0.3 is 0 Å². The molecule has 0 fully saturated rings. The highest BCUT2D eigenvalue weighted by molar-refractivity contribution is 5.20. The van der Waals surface area contributed by atoms with Gasteiger partial charge in [0.15, 0.2) is 0 Å². The Morgan fingerprint density at radius 2 is 1.78 bits per heavy atom. The minimum absolute atomic E-state index is 0.0266. The second kappa shape index (κ2) is 6.23. The predicted molar refractivity (Wildman–Crippen MR) is 69.0 cm³/mol. The van der Waals surface area contributed by atoms with Gasteiger partial charge in [0.1, 0.15) is 5.82 Å². The lowest BCUT2D eigenvalue weighted by Gasteiger charge is -2.16. The van der Waals surface area contributed by atoms with E-state index in [2.05, 4.69) is 10.4 Å². The highest BCUT2D eigenvalue weighted by atomic mass is 19.1. The Balaban J connectivity index is 1.99. The summed E-state index contributed by atoms with van der Waals surface area (Å²) in [4.78, 5) is 3.98. The van der Waals surface area contributed by atoms with Crippen LogP contribution in [-0.4, -0.2) is 4.98 Å². The second-order valence-corrected chi connectivity index (χ2v) is 4.16. The molecule has 1 unspecified atom stereocenters. The zero-order valence-electron chi connectivity index (χ0n) is 10.0. The summed E-state index contributed by atoms with van der Waals surface area (Å²) in [6.45, 7) is 0. The smallest absolute Gasteiger partial charge is 0.123 e. The van der Waals surface area contributed by atoms with Crippen LogP contribution >= 0.6 is 0 Å². The van der Waals surface area contributed by atoms with Gasteiger partial charge in [-0.1, -0.05) is 12.1 Å². The summed E-state index contributed by atoms with van der Waals surface area (Å²) in [6, 6.07) is 10.4. The number of nitrogens with two attached hydrogens (primary N) is 1. The number of benzene rings is 1. The van der Waals surface area contributed by atoms with Gasteiger partial charge in [-0.2, -0.15) is 0 Å². The molecular formula is C14H16FN3. The molecule has 1 aromatic heterocycles. The Labute approximate surface area is 106 Å². The maximum Gasteiger partial charge on any atom is 0.123 e. The van der Waals surface area contributed by atoms with Crippen molar-refractivity contribution >= 4 is 0 Å². The van der Waals surface area contributed by atoms with Crippen molar-refractivity contribution < 1.29 is 4.39 Å². The van der Waals surface area contributed by atoms with E-state index in [0.717, 1.165) is 18.4 Å². The third-order valence-corrected chi connectivity index (χ3v) is 2.94. The quantitative estimate of drug-likeness (QED) is 0.628. The predicted octanol–water partition coefficient (Wildman–Crippen LogP) is 2.36. The molecule has 0 bridgehead atoms. The number of hydrogen-bond donors (Lipinski definition) is 2. The summed E-state index contributed by atoms with van der Waals surface area (Å²) in [6.07, 6.45) is 5.30. The van der Waals surface area contributed by atoms with E-state index >= 15 is 0 Å². The number of nitrogens with zero attached hydrogens (tertiary/aromatic N) is 1. The highest BCUT2D eigenvalue weighted by Crippen LogP contribution is 2.18. The molecule has 1 aromatic carbocycles. The van der Waals surface area contributed by atoms with Crippen LogP contribution in [0.4, 0.5) is 4.39 Å². The van der Waals surface area contributed by atoms with Crippen LogP contribution in [0.3, 0.4) is 0 Å². The molecule has 0 aliphatic carbocycles. The SMILES string of the molecule is NNC(CCc1ccncc1)c1ccc(F)cc1. The highest BCUT2D eigenvalue weighted by Gasteiger charge is 2.09. The lowest BCUT2D eigenvalue weighted by Crippen LogP contribution is -2.28. The molecule has 1 heterocycles. The lowest BCUT2D eigenvalue weighted by molar-refractivity contribution is 0.515. The third kappa shape index (κ3) is 3.35. The van der Waals surface area contributed by atoms with Gasteiger partial charge in [-0.25, -0.2) is 4.39 Å². The van der Waals surface area contributed by atoms with Crippen molar-refractivity contribution in [2.45, 2.75) is 18.9 Å². The maximum absolute atomic E-state index is 12.8. The summed E-state index contributed by atoms with van der Waals surface area (Å²) in [5.41, 5.74) is 4.98. The van der Waals surface area contributed by atoms with Crippen molar-refractivity contribution in [3.05, 3.63) is 65.7 Å². The minimum atomic E-state index is -0.233. The van der Waals surface area contributed by atoms with Crippen molar-refractivity contribution in [1.82, 2.24) is 10.4 Å². The first-order valence-corrected chi connectivity index (χ1v) is 5.90. The number of aromatic nitrogens is 1. The normalized spacial score (nSPS) is 12.3. The summed E-state index contributed by atoms with van der Waals surface area (Å²) >= 11 is 0. The fraction of sp³-hybridized carbons (Fsp3) is 0.214. The van der Waals surface area contributed by atoms with Crippen LogP contribution in [0.15, 0.2) is 48.8 Å². The molecule has 3 nitrogen and oxygen atoms in total. The Hall–Kier alpha value is -1.78. The van der Waals surface area contributed by atoms with E-state index in [4.69, 9.17) is 5.84 Å². The molecule has 0 saturated heterocycles. The Morgan fingerprint density at radius 1 is 1.11 bits per heavy atom. The van der Waals surface area contributed by atoms with Gasteiger partial charge >= 0.3 is 0 Å². The molecule has 0 aliphatic heterocycles. The van der Waals surface area contributed by atoms with Crippen molar-refractivity contribution in [3.8, 4) is 0 Å². The zero-order valence-corrected chi connectivity index (χ0v) is 10.0. The summed E-state index contributed by atoms with van der Waals surface area (Å²) in [5.74, 6) is 5.32.